The minimum Gasteiger partial charge on any atom is -0.468 e. The van der Waals surface area contributed by atoms with Crippen LogP contribution >= 0.6 is 0 Å². The SMILES string of the molecule is Cc1cc(C)c2oc(=O)cc(CN(C)Cc3ccco3)c2c1. The maximum absolute atomic E-state index is 11.8. The summed E-state index contributed by atoms with van der Waals surface area (Å²) in [6.45, 7) is 5.37. The lowest BCUT2D eigenvalue weighted by Gasteiger charge is -2.16. The van der Waals surface area contributed by atoms with Crippen molar-refractivity contribution in [3.05, 3.63) is 69.5 Å². The first-order valence-corrected chi connectivity index (χ1v) is 7.28. The van der Waals surface area contributed by atoms with Gasteiger partial charge in [0.05, 0.1) is 12.8 Å². The molecule has 0 aliphatic heterocycles. The summed E-state index contributed by atoms with van der Waals surface area (Å²) in [5.74, 6) is 0.905. The standard InChI is InChI=1S/C18H19NO3/c1-12-7-13(2)18-16(8-12)14(9-17(20)22-18)10-19(3)11-15-5-4-6-21-15/h4-9H,10-11H2,1-3H3. The Morgan fingerprint density at radius 2 is 1.95 bits per heavy atom. The molecule has 0 saturated heterocycles. The number of hydrogen-bond donors (Lipinski definition) is 0. The van der Waals surface area contributed by atoms with Crippen LogP contribution in [0.15, 0.2) is 50.2 Å². The van der Waals surface area contributed by atoms with Crippen LogP contribution in [-0.4, -0.2) is 11.9 Å². The number of rotatable bonds is 4. The normalized spacial score (nSPS) is 11.5. The highest BCUT2D eigenvalue weighted by molar-refractivity contribution is 5.83. The van der Waals surface area contributed by atoms with Crippen molar-refractivity contribution in [3.63, 3.8) is 0 Å². The van der Waals surface area contributed by atoms with Gasteiger partial charge >= 0.3 is 5.63 Å². The van der Waals surface area contributed by atoms with Gasteiger partial charge in [-0.05, 0) is 55.8 Å². The maximum atomic E-state index is 11.8. The Balaban J connectivity index is 1.97. The Kier molecular flexibility index (Phi) is 3.86. The van der Waals surface area contributed by atoms with Gasteiger partial charge in [-0.25, -0.2) is 4.79 Å². The minimum atomic E-state index is -0.305. The summed E-state index contributed by atoms with van der Waals surface area (Å²) >= 11 is 0. The van der Waals surface area contributed by atoms with E-state index in [1.807, 2.05) is 39.1 Å². The fourth-order valence-corrected chi connectivity index (χ4v) is 2.82. The molecule has 22 heavy (non-hydrogen) atoms. The lowest BCUT2D eigenvalue weighted by Crippen LogP contribution is -2.18. The van der Waals surface area contributed by atoms with Gasteiger partial charge < -0.3 is 8.83 Å². The van der Waals surface area contributed by atoms with Crippen LogP contribution in [0.4, 0.5) is 0 Å². The van der Waals surface area contributed by atoms with E-state index in [1.54, 1.807) is 12.3 Å². The van der Waals surface area contributed by atoms with Crippen molar-refractivity contribution in [2.75, 3.05) is 7.05 Å². The van der Waals surface area contributed by atoms with Crippen LogP contribution in [0.1, 0.15) is 22.5 Å². The van der Waals surface area contributed by atoms with Crippen LogP contribution in [0.5, 0.6) is 0 Å². The van der Waals surface area contributed by atoms with E-state index in [0.29, 0.717) is 18.7 Å². The predicted octanol–water partition coefficient (Wildman–Crippen LogP) is 3.63. The largest absolute Gasteiger partial charge is 0.468 e. The molecule has 4 nitrogen and oxygen atoms in total. The van der Waals surface area contributed by atoms with Crippen molar-refractivity contribution in [2.45, 2.75) is 26.9 Å². The minimum absolute atomic E-state index is 0.305. The molecule has 0 fully saturated rings. The van der Waals surface area contributed by atoms with Crippen molar-refractivity contribution in [1.29, 1.82) is 0 Å². The summed E-state index contributed by atoms with van der Waals surface area (Å²) in [6, 6.07) is 9.51. The van der Waals surface area contributed by atoms with Crippen molar-refractivity contribution < 1.29 is 8.83 Å². The molecule has 0 N–H and O–H groups in total. The van der Waals surface area contributed by atoms with Gasteiger partial charge in [0, 0.05) is 18.0 Å². The molecule has 2 heterocycles. The molecule has 3 rings (SSSR count). The van der Waals surface area contributed by atoms with Crippen molar-refractivity contribution in [3.8, 4) is 0 Å². The third-order valence-corrected chi connectivity index (χ3v) is 3.71. The quantitative estimate of drug-likeness (QED) is 0.690. The summed E-state index contributed by atoms with van der Waals surface area (Å²) in [7, 11) is 2.01. The van der Waals surface area contributed by atoms with Gasteiger partial charge in [-0.2, -0.15) is 0 Å². The first-order valence-electron chi connectivity index (χ1n) is 7.28. The third kappa shape index (κ3) is 2.97. The van der Waals surface area contributed by atoms with E-state index in [9.17, 15) is 4.79 Å². The Bertz CT molecular complexity index is 847. The van der Waals surface area contributed by atoms with Crippen molar-refractivity contribution >= 4 is 11.0 Å². The lowest BCUT2D eigenvalue weighted by molar-refractivity contribution is 0.288. The fourth-order valence-electron chi connectivity index (χ4n) is 2.82. The fraction of sp³-hybridized carbons (Fsp3) is 0.278. The van der Waals surface area contributed by atoms with Gasteiger partial charge in [0.25, 0.3) is 0 Å². The first kappa shape index (κ1) is 14.6. The summed E-state index contributed by atoms with van der Waals surface area (Å²) in [5, 5.41) is 1.00. The Morgan fingerprint density at radius 1 is 1.14 bits per heavy atom. The zero-order valence-corrected chi connectivity index (χ0v) is 13.1. The first-order chi connectivity index (χ1) is 10.5. The molecular formula is C18H19NO3. The van der Waals surface area contributed by atoms with E-state index in [2.05, 4.69) is 11.0 Å². The summed E-state index contributed by atoms with van der Waals surface area (Å²) in [4.78, 5) is 14.0. The molecule has 0 aliphatic rings. The Labute approximate surface area is 129 Å². The molecule has 0 atom stereocenters. The van der Waals surface area contributed by atoms with E-state index in [1.165, 1.54) is 0 Å². The monoisotopic (exact) mass is 297 g/mol. The summed E-state index contributed by atoms with van der Waals surface area (Å²) < 4.78 is 10.8. The molecule has 0 aliphatic carbocycles. The number of hydrogen-bond acceptors (Lipinski definition) is 4. The summed E-state index contributed by atoms with van der Waals surface area (Å²) in [5.41, 5.74) is 3.50. The van der Waals surface area contributed by atoms with E-state index in [4.69, 9.17) is 8.83 Å². The second kappa shape index (κ2) is 5.81. The molecular weight excluding hydrogens is 278 g/mol. The van der Waals surface area contributed by atoms with Gasteiger partial charge in [0.2, 0.25) is 0 Å². The molecule has 0 amide bonds. The second-order valence-corrected chi connectivity index (χ2v) is 5.80. The Morgan fingerprint density at radius 3 is 2.68 bits per heavy atom. The zero-order valence-electron chi connectivity index (χ0n) is 13.1. The van der Waals surface area contributed by atoms with Crippen molar-refractivity contribution in [1.82, 2.24) is 4.90 Å². The highest BCUT2D eigenvalue weighted by Gasteiger charge is 2.11. The molecule has 1 aromatic carbocycles. The molecule has 0 spiro atoms. The molecule has 0 saturated carbocycles. The van der Waals surface area contributed by atoms with Crippen LogP contribution in [-0.2, 0) is 13.1 Å². The van der Waals surface area contributed by atoms with Crippen LogP contribution < -0.4 is 5.63 Å². The molecule has 3 aromatic rings. The van der Waals surface area contributed by atoms with Crippen LogP contribution in [0.3, 0.4) is 0 Å². The topological polar surface area (TPSA) is 46.6 Å². The molecule has 0 radical (unpaired) electrons. The Hall–Kier alpha value is -2.33. The highest BCUT2D eigenvalue weighted by atomic mass is 16.4. The number of benzene rings is 1. The van der Waals surface area contributed by atoms with Gasteiger partial charge in [0.1, 0.15) is 11.3 Å². The van der Waals surface area contributed by atoms with E-state index >= 15 is 0 Å². The van der Waals surface area contributed by atoms with Gasteiger partial charge in [-0.3, -0.25) is 4.90 Å². The molecule has 114 valence electrons. The van der Waals surface area contributed by atoms with Crippen LogP contribution in [0, 0.1) is 13.8 Å². The number of furan rings is 1. The van der Waals surface area contributed by atoms with Crippen molar-refractivity contribution in [2.24, 2.45) is 0 Å². The van der Waals surface area contributed by atoms with Gasteiger partial charge in [0.15, 0.2) is 0 Å². The maximum Gasteiger partial charge on any atom is 0.336 e. The average molecular weight is 297 g/mol. The zero-order chi connectivity index (χ0) is 15.7. The second-order valence-electron chi connectivity index (χ2n) is 5.80. The number of fused-ring (bicyclic) bond motifs is 1. The van der Waals surface area contributed by atoms with E-state index in [0.717, 1.165) is 27.8 Å². The number of aryl methyl sites for hydroxylation is 2. The molecule has 0 unspecified atom stereocenters. The van der Waals surface area contributed by atoms with E-state index < -0.39 is 0 Å². The van der Waals surface area contributed by atoms with E-state index in [-0.39, 0.29) is 5.63 Å². The number of nitrogens with zero attached hydrogens (tertiary/aromatic N) is 1. The smallest absolute Gasteiger partial charge is 0.336 e. The molecule has 4 heteroatoms. The van der Waals surface area contributed by atoms with Gasteiger partial charge in [-0.1, -0.05) is 6.07 Å². The van der Waals surface area contributed by atoms with Gasteiger partial charge in [-0.15, -0.1) is 0 Å². The lowest BCUT2D eigenvalue weighted by atomic mass is 10.0. The third-order valence-electron chi connectivity index (χ3n) is 3.71. The van der Waals surface area contributed by atoms with Crippen LogP contribution in [0.2, 0.25) is 0 Å². The predicted molar refractivity (Wildman–Crippen MR) is 85.8 cm³/mol. The molecule has 0 bridgehead atoms. The van der Waals surface area contributed by atoms with Crippen LogP contribution in [0.25, 0.3) is 11.0 Å². The highest BCUT2D eigenvalue weighted by Crippen LogP contribution is 2.23. The molecule has 2 aromatic heterocycles. The summed E-state index contributed by atoms with van der Waals surface area (Å²) in [6.07, 6.45) is 1.67. The average Bonchev–Trinajstić information content (AvgIpc) is 2.93.